The molecule has 1 aromatic rings. The number of rotatable bonds is 2. The molecule has 2 heterocycles. The van der Waals surface area contributed by atoms with E-state index >= 15 is 0 Å². The van der Waals surface area contributed by atoms with Crippen molar-refractivity contribution in [2.24, 2.45) is 0 Å². The Morgan fingerprint density at radius 3 is 3.20 bits per heavy atom. The molecule has 0 aliphatic carbocycles. The zero-order valence-electron chi connectivity index (χ0n) is 7.94. The topological polar surface area (TPSA) is 59.4 Å². The maximum absolute atomic E-state index is 10.7. The number of carboxylic acid groups (broad SMARTS) is 1. The molecule has 0 spiro atoms. The standard InChI is InChI=1S/C10H10ClNO3/c11-8-2-1-7-6(5-9(13)14)3-4-15-10(7)12-8/h1-2,6H,3-5H2,(H,13,14)/t6-/m1/s1. The van der Waals surface area contributed by atoms with Crippen LogP contribution in [0.4, 0.5) is 0 Å². The van der Waals surface area contributed by atoms with Crippen LogP contribution in [0.3, 0.4) is 0 Å². The van der Waals surface area contributed by atoms with Gasteiger partial charge in [0.2, 0.25) is 5.88 Å². The fourth-order valence-corrected chi connectivity index (χ4v) is 1.87. The highest BCUT2D eigenvalue weighted by Crippen LogP contribution is 2.34. The summed E-state index contributed by atoms with van der Waals surface area (Å²) in [6.45, 7) is 0.498. The first-order valence-corrected chi connectivity index (χ1v) is 5.05. The second-order valence-electron chi connectivity index (χ2n) is 3.46. The SMILES string of the molecule is O=C(O)C[C@H]1CCOc2nc(Cl)ccc21. The lowest BCUT2D eigenvalue weighted by molar-refractivity contribution is -0.137. The minimum absolute atomic E-state index is 0.0176. The fraction of sp³-hybridized carbons (Fsp3) is 0.400. The molecule has 2 rings (SSSR count). The Morgan fingerprint density at radius 2 is 2.47 bits per heavy atom. The molecule has 5 heteroatoms. The number of pyridine rings is 1. The van der Waals surface area contributed by atoms with Crippen molar-refractivity contribution in [2.45, 2.75) is 18.8 Å². The molecule has 1 N–H and O–H groups in total. The zero-order chi connectivity index (χ0) is 10.8. The summed E-state index contributed by atoms with van der Waals surface area (Å²) in [6, 6.07) is 3.45. The molecular formula is C10H10ClNO3. The van der Waals surface area contributed by atoms with Crippen molar-refractivity contribution in [3.05, 3.63) is 22.8 Å². The maximum atomic E-state index is 10.7. The molecule has 0 aromatic carbocycles. The first-order valence-electron chi connectivity index (χ1n) is 4.68. The maximum Gasteiger partial charge on any atom is 0.303 e. The van der Waals surface area contributed by atoms with Crippen LogP contribution in [0.25, 0.3) is 0 Å². The Hall–Kier alpha value is -1.29. The highest BCUT2D eigenvalue weighted by Gasteiger charge is 2.24. The Bertz CT molecular complexity index is 394. The van der Waals surface area contributed by atoms with Crippen molar-refractivity contribution in [1.82, 2.24) is 4.98 Å². The Balaban J connectivity index is 2.30. The lowest BCUT2D eigenvalue weighted by Crippen LogP contribution is -2.17. The minimum Gasteiger partial charge on any atom is -0.481 e. The molecule has 0 unspecified atom stereocenters. The molecule has 0 saturated heterocycles. The van der Waals surface area contributed by atoms with Gasteiger partial charge in [-0.25, -0.2) is 4.98 Å². The van der Waals surface area contributed by atoms with Gasteiger partial charge in [-0.2, -0.15) is 0 Å². The number of hydrogen-bond acceptors (Lipinski definition) is 3. The summed E-state index contributed by atoms with van der Waals surface area (Å²) in [5.74, 6) is -0.348. The Labute approximate surface area is 91.8 Å². The van der Waals surface area contributed by atoms with E-state index in [0.717, 1.165) is 5.56 Å². The van der Waals surface area contributed by atoms with Gasteiger partial charge in [0.05, 0.1) is 13.0 Å². The molecule has 0 radical (unpaired) electrons. The average Bonchev–Trinajstić information content (AvgIpc) is 2.16. The first-order chi connectivity index (χ1) is 7.16. The third-order valence-electron chi connectivity index (χ3n) is 2.42. The number of halogens is 1. The van der Waals surface area contributed by atoms with Gasteiger partial charge in [-0.3, -0.25) is 4.79 Å². The van der Waals surface area contributed by atoms with E-state index in [0.29, 0.717) is 24.1 Å². The van der Waals surface area contributed by atoms with Gasteiger partial charge in [0.25, 0.3) is 0 Å². The van der Waals surface area contributed by atoms with Crippen LogP contribution >= 0.6 is 11.6 Å². The summed E-state index contributed by atoms with van der Waals surface area (Å²) in [5, 5.41) is 9.12. The number of carbonyl (C=O) groups is 1. The predicted molar refractivity (Wildman–Crippen MR) is 54.4 cm³/mol. The molecule has 15 heavy (non-hydrogen) atoms. The van der Waals surface area contributed by atoms with Crippen LogP contribution in [0.5, 0.6) is 5.88 Å². The molecule has 0 saturated carbocycles. The second-order valence-corrected chi connectivity index (χ2v) is 3.85. The van der Waals surface area contributed by atoms with Gasteiger partial charge in [-0.05, 0) is 12.5 Å². The second kappa shape index (κ2) is 4.06. The quantitative estimate of drug-likeness (QED) is 0.786. The molecule has 1 atom stereocenters. The number of aromatic nitrogens is 1. The highest BCUT2D eigenvalue weighted by atomic mass is 35.5. The highest BCUT2D eigenvalue weighted by molar-refractivity contribution is 6.29. The molecule has 1 aliphatic heterocycles. The van der Waals surface area contributed by atoms with E-state index in [1.807, 2.05) is 0 Å². The van der Waals surface area contributed by atoms with E-state index in [1.54, 1.807) is 12.1 Å². The summed E-state index contributed by atoms with van der Waals surface area (Å²) in [6.07, 6.45) is 0.822. The van der Waals surface area contributed by atoms with E-state index in [-0.39, 0.29) is 12.3 Å². The normalized spacial score (nSPS) is 19.1. The molecular weight excluding hydrogens is 218 g/mol. The molecule has 80 valence electrons. The van der Waals surface area contributed by atoms with Crippen molar-refractivity contribution in [2.75, 3.05) is 6.61 Å². The van der Waals surface area contributed by atoms with Crippen molar-refractivity contribution < 1.29 is 14.6 Å². The number of nitrogens with zero attached hydrogens (tertiary/aromatic N) is 1. The number of ether oxygens (including phenoxy) is 1. The Morgan fingerprint density at radius 1 is 1.67 bits per heavy atom. The van der Waals surface area contributed by atoms with Crippen molar-refractivity contribution in [3.63, 3.8) is 0 Å². The molecule has 0 amide bonds. The number of fused-ring (bicyclic) bond motifs is 1. The molecule has 1 aromatic heterocycles. The number of carboxylic acids is 1. The number of aliphatic carboxylic acids is 1. The average molecular weight is 228 g/mol. The summed E-state index contributed by atoms with van der Waals surface area (Å²) < 4.78 is 5.33. The van der Waals surface area contributed by atoms with Crippen molar-refractivity contribution in [1.29, 1.82) is 0 Å². The lowest BCUT2D eigenvalue weighted by atomic mass is 9.92. The van der Waals surface area contributed by atoms with Crippen LogP contribution in [0.1, 0.15) is 24.3 Å². The van der Waals surface area contributed by atoms with Gasteiger partial charge >= 0.3 is 5.97 Å². The largest absolute Gasteiger partial charge is 0.481 e. The first kappa shape index (κ1) is 10.2. The van der Waals surface area contributed by atoms with Gasteiger partial charge in [-0.1, -0.05) is 17.7 Å². The smallest absolute Gasteiger partial charge is 0.303 e. The van der Waals surface area contributed by atoms with Crippen LogP contribution in [-0.2, 0) is 4.79 Å². The lowest BCUT2D eigenvalue weighted by Gasteiger charge is -2.23. The van der Waals surface area contributed by atoms with Crippen LogP contribution in [0, 0.1) is 0 Å². The van der Waals surface area contributed by atoms with Gasteiger partial charge < -0.3 is 9.84 Å². The van der Waals surface area contributed by atoms with Gasteiger partial charge in [0, 0.05) is 11.5 Å². The zero-order valence-corrected chi connectivity index (χ0v) is 8.70. The van der Waals surface area contributed by atoms with E-state index in [2.05, 4.69) is 4.98 Å². The third-order valence-corrected chi connectivity index (χ3v) is 2.63. The monoisotopic (exact) mass is 227 g/mol. The fourth-order valence-electron chi connectivity index (χ4n) is 1.73. The third kappa shape index (κ3) is 2.21. The predicted octanol–water partition coefficient (Wildman–Crippen LogP) is 2.08. The van der Waals surface area contributed by atoms with E-state index in [9.17, 15) is 4.79 Å². The summed E-state index contributed by atoms with van der Waals surface area (Å²) in [4.78, 5) is 14.7. The van der Waals surface area contributed by atoms with Gasteiger partial charge in [0.15, 0.2) is 0 Å². The van der Waals surface area contributed by atoms with Crippen LogP contribution in [-0.4, -0.2) is 22.7 Å². The molecule has 0 fully saturated rings. The molecule has 4 nitrogen and oxygen atoms in total. The Kier molecular flexibility index (Phi) is 2.77. The summed E-state index contributed by atoms with van der Waals surface area (Å²) in [5.41, 5.74) is 0.841. The minimum atomic E-state index is -0.803. The van der Waals surface area contributed by atoms with Crippen LogP contribution in [0.2, 0.25) is 5.15 Å². The molecule has 0 bridgehead atoms. The van der Waals surface area contributed by atoms with Crippen LogP contribution < -0.4 is 4.74 Å². The van der Waals surface area contributed by atoms with Crippen molar-refractivity contribution >= 4 is 17.6 Å². The van der Waals surface area contributed by atoms with E-state index in [1.165, 1.54) is 0 Å². The van der Waals surface area contributed by atoms with Gasteiger partial charge in [-0.15, -0.1) is 0 Å². The number of hydrogen-bond donors (Lipinski definition) is 1. The summed E-state index contributed by atoms with van der Waals surface area (Å²) >= 11 is 5.72. The van der Waals surface area contributed by atoms with Crippen molar-refractivity contribution in [3.8, 4) is 5.88 Å². The molecule has 1 aliphatic rings. The van der Waals surface area contributed by atoms with Gasteiger partial charge in [0.1, 0.15) is 5.15 Å². The van der Waals surface area contributed by atoms with E-state index < -0.39 is 5.97 Å². The van der Waals surface area contributed by atoms with E-state index in [4.69, 9.17) is 21.4 Å². The summed E-state index contributed by atoms with van der Waals surface area (Å²) in [7, 11) is 0. The van der Waals surface area contributed by atoms with Crippen LogP contribution in [0.15, 0.2) is 12.1 Å².